The van der Waals surface area contributed by atoms with Crippen molar-refractivity contribution >= 4 is 18.3 Å². The molecular formula is C13H25ClN4O2. The van der Waals surface area contributed by atoms with E-state index in [0.717, 1.165) is 0 Å². The third-order valence-corrected chi connectivity index (χ3v) is 2.99. The lowest BCUT2D eigenvalue weighted by molar-refractivity contribution is -0.131. The van der Waals surface area contributed by atoms with Crippen molar-refractivity contribution in [1.82, 2.24) is 15.0 Å². The molecule has 0 saturated heterocycles. The second-order valence-corrected chi connectivity index (χ2v) is 5.71. The van der Waals surface area contributed by atoms with E-state index in [9.17, 15) is 4.79 Å². The first kappa shape index (κ1) is 18.9. The molecule has 1 aromatic rings. The lowest BCUT2D eigenvalue weighted by Crippen LogP contribution is -2.39. The summed E-state index contributed by atoms with van der Waals surface area (Å²) < 4.78 is 5.00. The number of nitrogens with zero attached hydrogens (tertiary/aromatic N) is 3. The van der Waals surface area contributed by atoms with Crippen molar-refractivity contribution in [2.45, 2.75) is 40.0 Å². The summed E-state index contributed by atoms with van der Waals surface area (Å²) in [5.41, 5.74) is 5.62. The Kier molecular flexibility index (Phi) is 7.75. The highest BCUT2D eigenvalue weighted by molar-refractivity contribution is 5.85. The van der Waals surface area contributed by atoms with Gasteiger partial charge >= 0.3 is 0 Å². The number of carbonyl (C=O) groups is 1. The Hall–Kier alpha value is -1.14. The molecule has 0 bridgehead atoms. The number of aromatic nitrogens is 2. The first-order valence-corrected chi connectivity index (χ1v) is 6.57. The molecule has 0 aliphatic carbocycles. The van der Waals surface area contributed by atoms with Crippen LogP contribution in [0.1, 0.15) is 38.4 Å². The molecule has 0 saturated carbocycles. The zero-order valence-electron chi connectivity index (χ0n) is 12.7. The predicted octanol–water partition coefficient (Wildman–Crippen LogP) is 1.57. The first-order chi connectivity index (χ1) is 8.84. The van der Waals surface area contributed by atoms with Crippen molar-refractivity contribution in [3.05, 3.63) is 11.7 Å². The van der Waals surface area contributed by atoms with E-state index in [1.807, 2.05) is 7.05 Å². The van der Waals surface area contributed by atoms with E-state index in [0.29, 0.717) is 44.1 Å². The van der Waals surface area contributed by atoms with Crippen molar-refractivity contribution in [3.63, 3.8) is 0 Å². The van der Waals surface area contributed by atoms with Gasteiger partial charge < -0.3 is 15.2 Å². The summed E-state index contributed by atoms with van der Waals surface area (Å²) in [6.45, 7) is 7.12. The first-order valence-electron chi connectivity index (χ1n) is 6.57. The molecule has 0 aromatic carbocycles. The molecule has 0 fully saturated rings. The molecule has 6 nitrogen and oxygen atoms in total. The van der Waals surface area contributed by atoms with Crippen LogP contribution < -0.4 is 5.73 Å². The lowest BCUT2D eigenvalue weighted by Gasteiger charge is -2.29. The van der Waals surface area contributed by atoms with Gasteiger partial charge in [0.2, 0.25) is 11.8 Å². The van der Waals surface area contributed by atoms with Gasteiger partial charge in [0, 0.05) is 26.4 Å². The molecule has 0 aliphatic rings. The van der Waals surface area contributed by atoms with E-state index in [1.165, 1.54) is 0 Å². The molecule has 0 unspecified atom stereocenters. The second kappa shape index (κ2) is 8.21. The van der Waals surface area contributed by atoms with Gasteiger partial charge in [-0.15, -0.1) is 12.4 Å². The van der Waals surface area contributed by atoms with Crippen molar-refractivity contribution in [1.29, 1.82) is 0 Å². The number of hydrogen-bond donors (Lipinski definition) is 1. The molecule has 1 amide bonds. The number of rotatable bonds is 7. The molecule has 1 rings (SSSR count). The highest BCUT2D eigenvalue weighted by Crippen LogP contribution is 2.15. The van der Waals surface area contributed by atoms with E-state index in [4.69, 9.17) is 10.3 Å². The number of amides is 1. The molecule has 2 N–H and O–H groups in total. The zero-order valence-corrected chi connectivity index (χ0v) is 13.5. The standard InChI is InChI=1S/C13H24N4O2.ClH/c1-10-15-11(19-16-10)6-5-7-12(18)17(4)9-13(2,3)8-14;/h5-9,14H2,1-4H3;1H. The zero-order chi connectivity index (χ0) is 14.5. The molecule has 1 heterocycles. The van der Waals surface area contributed by atoms with Crippen LogP contribution in [0.4, 0.5) is 0 Å². The van der Waals surface area contributed by atoms with Crippen LogP contribution in [0, 0.1) is 12.3 Å². The van der Waals surface area contributed by atoms with Crippen LogP contribution in [-0.4, -0.2) is 41.1 Å². The maximum absolute atomic E-state index is 12.0. The van der Waals surface area contributed by atoms with E-state index in [-0.39, 0.29) is 23.7 Å². The van der Waals surface area contributed by atoms with Crippen LogP contribution in [-0.2, 0) is 11.2 Å². The van der Waals surface area contributed by atoms with Crippen molar-refractivity contribution in [2.24, 2.45) is 11.1 Å². The molecular weight excluding hydrogens is 280 g/mol. The van der Waals surface area contributed by atoms with Gasteiger partial charge in [-0.3, -0.25) is 4.79 Å². The smallest absolute Gasteiger partial charge is 0.226 e. The van der Waals surface area contributed by atoms with Crippen molar-refractivity contribution in [2.75, 3.05) is 20.1 Å². The molecule has 116 valence electrons. The van der Waals surface area contributed by atoms with Gasteiger partial charge in [-0.05, 0) is 25.3 Å². The van der Waals surface area contributed by atoms with E-state index in [2.05, 4.69) is 24.0 Å². The summed E-state index contributed by atoms with van der Waals surface area (Å²) in [5, 5.41) is 3.71. The van der Waals surface area contributed by atoms with Gasteiger partial charge in [0.1, 0.15) is 0 Å². The maximum atomic E-state index is 12.0. The van der Waals surface area contributed by atoms with E-state index >= 15 is 0 Å². The van der Waals surface area contributed by atoms with Gasteiger partial charge in [0.25, 0.3) is 0 Å². The lowest BCUT2D eigenvalue weighted by atomic mass is 9.93. The van der Waals surface area contributed by atoms with E-state index in [1.54, 1.807) is 11.8 Å². The quantitative estimate of drug-likeness (QED) is 0.826. The van der Waals surface area contributed by atoms with Crippen LogP contribution in [0.5, 0.6) is 0 Å². The summed E-state index contributed by atoms with van der Waals surface area (Å²) in [4.78, 5) is 17.8. The molecule has 0 radical (unpaired) electrons. The van der Waals surface area contributed by atoms with Crippen LogP contribution in [0.3, 0.4) is 0 Å². The summed E-state index contributed by atoms with van der Waals surface area (Å²) in [7, 11) is 1.82. The third kappa shape index (κ3) is 6.34. The Balaban J connectivity index is 0.00000361. The molecule has 0 atom stereocenters. The minimum Gasteiger partial charge on any atom is -0.345 e. The van der Waals surface area contributed by atoms with Gasteiger partial charge in [-0.2, -0.15) is 4.98 Å². The number of nitrogens with two attached hydrogens (primary N) is 1. The number of aryl methyl sites for hydroxylation is 2. The molecule has 0 spiro atoms. The monoisotopic (exact) mass is 304 g/mol. The Labute approximate surface area is 126 Å². The second-order valence-electron chi connectivity index (χ2n) is 5.71. The highest BCUT2D eigenvalue weighted by Gasteiger charge is 2.20. The predicted molar refractivity (Wildman–Crippen MR) is 79.7 cm³/mol. The highest BCUT2D eigenvalue weighted by atomic mass is 35.5. The summed E-state index contributed by atoms with van der Waals surface area (Å²) in [5.74, 6) is 1.34. The van der Waals surface area contributed by atoms with Gasteiger partial charge in [0.05, 0.1) is 0 Å². The van der Waals surface area contributed by atoms with Crippen LogP contribution >= 0.6 is 12.4 Å². The molecule has 0 aliphatic heterocycles. The van der Waals surface area contributed by atoms with Gasteiger partial charge in [-0.25, -0.2) is 0 Å². The van der Waals surface area contributed by atoms with Crippen LogP contribution in [0.2, 0.25) is 0 Å². The summed E-state index contributed by atoms with van der Waals surface area (Å²) >= 11 is 0. The fourth-order valence-electron chi connectivity index (χ4n) is 1.82. The van der Waals surface area contributed by atoms with Gasteiger partial charge in [-0.1, -0.05) is 19.0 Å². The largest absolute Gasteiger partial charge is 0.345 e. The topological polar surface area (TPSA) is 85.2 Å². The Morgan fingerprint density at radius 2 is 2.10 bits per heavy atom. The number of hydrogen-bond acceptors (Lipinski definition) is 5. The Morgan fingerprint density at radius 1 is 1.45 bits per heavy atom. The Morgan fingerprint density at radius 3 is 2.60 bits per heavy atom. The fraction of sp³-hybridized carbons (Fsp3) is 0.769. The van der Waals surface area contributed by atoms with E-state index < -0.39 is 0 Å². The average Bonchev–Trinajstić information content (AvgIpc) is 2.74. The van der Waals surface area contributed by atoms with Crippen molar-refractivity contribution in [3.8, 4) is 0 Å². The molecule has 1 aromatic heterocycles. The maximum Gasteiger partial charge on any atom is 0.226 e. The Bertz CT molecular complexity index is 420. The average molecular weight is 305 g/mol. The molecule has 20 heavy (non-hydrogen) atoms. The SMILES string of the molecule is Cc1noc(CCCC(=O)N(C)CC(C)(C)CN)n1.Cl. The third-order valence-electron chi connectivity index (χ3n) is 2.99. The fourth-order valence-corrected chi connectivity index (χ4v) is 1.82. The summed E-state index contributed by atoms with van der Waals surface area (Å²) in [6, 6.07) is 0. The normalized spacial score (nSPS) is 11.1. The molecule has 7 heteroatoms. The minimum atomic E-state index is -0.0476. The van der Waals surface area contributed by atoms with Gasteiger partial charge in [0.15, 0.2) is 5.82 Å². The summed E-state index contributed by atoms with van der Waals surface area (Å²) in [6.07, 6.45) is 1.84. The number of carbonyl (C=O) groups excluding carboxylic acids is 1. The van der Waals surface area contributed by atoms with Crippen LogP contribution in [0.15, 0.2) is 4.52 Å². The minimum absolute atomic E-state index is 0. The van der Waals surface area contributed by atoms with Crippen LogP contribution in [0.25, 0.3) is 0 Å². The van der Waals surface area contributed by atoms with Crippen molar-refractivity contribution < 1.29 is 9.32 Å². The number of halogens is 1.